The van der Waals surface area contributed by atoms with Crippen molar-refractivity contribution in [2.45, 2.75) is 13.0 Å². The fourth-order valence-electron chi connectivity index (χ4n) is 1.79. The summed E-state index contributed by atoms with van der Waals surface area (Å²) in [6, 6.07) is 14.0. The number of nitrogens with one attached hydrogen (secondary N) is 1. The summed E-state index contributed by atoms with van der Waals surface area (Å²) < 4.78 is 5.70. The molecule has 104 valence electrons. The predicted octanol–water partition coefficient (Wildman–Crippen LogP) is 3.67. The standard InChI is InChI=1S/C15H16N2O3/c1-11(16-2)12-4-3-5-15(10-12)20-14-8-6-13(7-9-14)17(18)19/h3-11,16H,1-2H3. The lowest BCUT2D eigenvalue weighted by atomic mass is 10.1. The molecule has 5 heteroatoms. The van der Waals surface area contributed by atoms with Crippen LogP contribution in [0.4, 0.5) is 5.69 Å². The Morgan fingerprint density at radius 2 is 1.85 bits per heavy atom. The highest BCUT2D eigenvalue weighted by molar-refractivity contribution is 5.39. The van der Waals surface area contributed by atoms with Gasteiger partial charge in [-0.25, -0.2) is 0 Å². The zero-order valence-corrected chi connectivity index (χ0v) is 11.4. The Hall–Kier alpha value is -2.40. The minimum absolute atomic E-state index is 0.0508. The molecule has 0 spiro atoms. The summed E-state index contributed by atoms with van der Waals surface area (Å²) in [7, 11) is 1.90. The van der Waals surface area contributed by atoms with Crippen LogP contribution in [0, 0.1) is 10.1 Å². The zero-order valence-electron chi connectivity index (χ0n) is 11.4. The summed E-state index contributed by atoms with van der Waals surface area (Å²) in [5, 5.41) is 13.7. The molecular formula is C15H16N2O3. The topological polar surface area (TPSA) is 64.4 Å². The third-order valence-corrected chi connectivity index (χ3v) is 3.07. The van der Waals surface area contributed by atoms with E-state index in [4.69, 9.17) is 4.74 Å². The number of nitrogens with zero attached hydrogens (tertiary/aromatic N) is 1. The molecule has 0 saturated heterocycles. The largest absolute Gasteiger partial charge is 0.457 e. The molecule has 0 fully saturated rings. The van der Waals surface area contributed by atoms with E-state index in [0.717, 1.165) is 5.56 Å². The van der Waals surface area contributed by atoms with E-state index < -0.39 is 4.92 Å². The van der Waals surface area contributed by atoms with Gasteiger partial charge in [-0.1, -0.05) is 12.1 Å². The number of benzene rings is 2. The van der Waals surface area contributed by atoms with Crippen LogP contribution in [0.15, 0.2) is 48.5 Å². The molecule has 0 aliphatic rings. The molecule has 5 nitrogen and oxygen atoms in total. The summed E-state index contributed by atoms with van der Waals surface area (Å²) >= 11 is 0. The van der Waals surface area contributed by atoms with Gasteiger partial charge < -0.3 is 10.1 Å². The normalized spacial score (nSPS) is 11.9. The molecule has 0 aliphatic heterocycles. The molecule has 0 bridgehead atoms. The Morgan fingerprint density at radius 1 is 1.15 bits per heavy atom. The molecular weight excluding hydrogens is 256 g/mol. The molecule has 0 radical (unpaired) electrons. The summed E-state index contributed by atoms with van der Waals surface area (Å²) in [4.78, 5) is 10.1. The van der Waals surface area contributed by atoms with E-state index in [-0.39, 0.29) is 11.7 Å². The lowest BCUT2D eigenvalue weighted by Crippen LogP contribution is -2.11. The highest BCUT2D eigenvalue weighted by Crippen LogP contribution is 2.26. The molecule has 2 aromatic rings. The Bertz CT molecular complexity index is 596. The van der Waals surface area contributed by atoms with Crippen LogP contribution in [-0.4, -0.2) is 12.0 Å². The Labute approximate surface area is 117 Å². The molecule has 0 heterocycles. The summed E-state index contributed by atoms with van der Waals surface area (Å²) in [5.74, 6) is 1.28. The smallest absolute Gasteiger partial charge is 0.269 e. The van der Waals surface area contributed by atoms with E-state index in [2.05, 4.69) is 12.2 Å². The van der Waals surface area contributed by atoms with Gasteiger partial charge in [-0.05, 0) is 43.8 Å². The highest BCUT2D eigenvalue weighted by Gasteiger charge is 2.07. The van der Waals surface area contributed by atoms with Crippen LogP contribution < -0.4 is 10.1 Å². The maximum absolute atomic E-state index is 10.6. The van der Waals surface area contributed by atoms with Gasteiger partial charge in [0.2, 0.25) is 0 Å². The van der Waals surface area contributed by atoms with Gasteiger partial charge in [0, 0.05) is 18.2 Å². The maximum atomic E-state index is 10.6. The average Bonchev–Trinajstić information content (AvgIpc) is 2.47. The number of nitro groups is 1. The van der Waals surface area contributed by atoms with Crippen molar-refractivity contribution in [1.82, 2.24) is 5.32 Å². The number of rotatable bonds is 5. The monoisotopic (exact) mass is 272 g/mol. The van der Waals surface area contributed by atoms with Gasteiger partial charge in [0.1, 0.15) is 11.5 Å². The third kappa shape index (κ3) is 3.33. The molecule has 0 saturated carbocycles. The van der Waals surface area contributed by atoms with Crippen molar-refractivity contribution in [2.24, 2.45) is 0 Å². The van der Waals surface area contributed by atoms with Crippen molar-refractivity contribution < 1.29 is 9.66 Å². The van der Waals surface area contributed by atoms with Gasteiger partial charge in [0.05, 0.1) is 4.92 Å². The van der Waals surface area contributed by atoms with Gasteiger partial charge in [-0.15, -0.1) is 0 Å². The highest BCUT2D eigenvalue weighted by atomic mass is 16.6. The van der Waals surface area contributed by atoms with Gasteiger partial charge in [-0.3, -0.25) is 10.1 Å². The molecule has 2 rings (SSSR count). The van der Waals surface area contributed by atoms with E-state index in [9.17, 15) is 10.1 Å². The average molecular weight is 272 g/mol. The molecule has 0 amide bonds. The Kier molecular flexibility index (Phi) is 4.32. The van der Waals surface area contributed by atoms with Crippen molar-refractivity contribution in [3.05, 3.63) is 64.2 Å². The van der Waals surface area contributed by atoms with Gasteiger partial charge in [-0.2, -0.15) is 0 Å². The first kappa shape index (κ1) is 14.0. The van der Waals surface area contributed by atoms with E-state index >= 15 is 0 Å². The lowest BCUT2D eigenvalue weighted by molar-refractivity contribution is -0.384. The summed E-state index contributed by atoms with van der Waals surface area (Å²) in [6.45, 7) is 2.06. The first-order chi connectivity index (χ1) is 9.60. The molecule has 0 aromatic heterocycles. The number of ether oxygens (including phenoxy) is 1. The van der Waals surface area contributed by atoms with Crippen molar-refractivity contribution >= 4 is 5.69 Å². The van der Waals surface area contributed by atoms with Gasteiger partial charge >= 0.3 is 0 Å². The number of hydrogen-bond donors (Lipinski definition) is 1. The van der Waals surface area contributed by atoms with Crippen molar-refractivity contribution in [3.63, 3.8) is 0 Å². The first-order valence-electron chi connectivity index (χ1n) is 6.29. The number of nitro benzene ring substituents is 1. The molecule has 1 atom stereocenters. The minimum Gasteiger partial charge on any atom is -0.457 e. The molecule has 1 N–H and O–H groups in total. The fraction of sp³-hybridized carbons (Fsp3) is 0.200. The maximum Gasteiger partial charge on any atom is 0.269 e. The number of hydrogen-bond acceptors (Lipinski definition) is 4. The molecule has 2 aromatic carbocycles. The first-order valence-corrected chi connectivity index (χ1v) is 6.29. The predicted molar refractivity (Wildman–Crippen MR) is 77.1 cm³/mol. The van der Waals surface area contributed by atoms with Crippen LogP contribution in [0.25, 0.3) is 0 Å². The van der Waals surface area contributed by atoms with Crippen molar-refractivity contribution in [2.75, 3.05) is 7.05 Å². The van der Waals surface area contributed by atoms with Crippen LogP contribution in [-0.2, 0) is 0 Å². The van der Waals surface area contributed by atoms with Gasteiger partial charge in [0.15, 0.2) is 0 Å². The summed E-state index contributed by atoms with van der Waals surface area (Å²) in [5.41, 5.74) is 1.17. The second-order valence-corrected chi connectivity index (χ2v) is 4.44. The quantitative estimate of drug-likeness (QED) is 0.666. The summed E-state index contributed by atoms with van der Waals surface area (Å²) in [6.07, 6.45) is 0. The van der Waals surface area contributed by atoms with Crippen LogP contribution in [0.5, 0.6) is 11.5 Å². The van der Waals surface area contributed by atoms with Crippen LogP contribution in [0.1, 0.15) is 18.5 Å². The van der Waals surface area contributed by atoms with E-state index in [1.807, 2.05) is 31.3 Å². The minimum atomic E-state index is -0.432. The molecule has 20 heavy (non-hydrogen) atoms. The second kappa shape index (κ2) is 6.16. The van der Waals surface area contributed by atoms with Crippen molar-refractivity contribution in [1.29, 1.82) is 0 Å². The Morgan fingerprint density at radius 3 is 2.45 bits per heavy atom. The van der Waals surface area contributed by atoms with Crippen LogP contribution in [0.2, 0.25) is 0 Å². The Balaban J connectivity index is 2.15. The van der Waals surface area contributed by atoms with Crippen LogP contribution in [0.3, 0.4) is 0 Å². The third-order valence-electron chi connectivity index (χ3n) is 3.07. The van der Waals surface area contributed by atoms with E-state index in [0.29, 0.717) is 11.5 Å². The zero-order chi connectivity index (χ0) is 14.5. The van der Waals surface area contributed by atoms with Crippen molar-refractivity contribution in [3.8, 4) is 11.5 Å². The fourth-order valence-corrected chi connectivity index (χ4v) is 1.79. The van der Waals surface area contributed by atoms with Gasteiger partial charge in [0.25, 0.3) is 5.69 Å². The SMILES string of the molecule is CNC(C)c1cccc(Oc2ccc([N+](=O)[O-])cc2)c1. The number of non-ortho nitro benzene ring substituents is 1. The van der Waals surface area contributed by atoms with Crippen LogP contribution >= 0.6 is 0 Å². The van der Waals surface area contributed by atoms with E-state index in [1.54, 1.807) is 12.1 Å². The lowest BCUT2D eigenvalue weighted by Gasteiger charge is -2.12. The van der Waals surface area contributed by atoms with E-state index in [1.165, 1.54) is 12.1 Å². The second-order valence-electron chi connectivity index (χ2n) is 4.44. The molecule has 0 aliphatic carbocycles. The molecule has 1 unspecified atom stereocenters.